The number of benzene rings is 2. The predicted octanol–water partition coefficient (Wildman–Crippen LogP) is 4.41. The summed E-state index contributed by atoms with van der Waals surface area (Å²) in [5.74, 6) is 0.787. The van der Waals surface area contributed by atoms with Crippen molar-refractivity contribution < 1.29 is 13.2 Å². The van der Waals surface area contributed by atoms with Crippen molar-refractivity contribution in [3.8, 4) is 5.75 Å². The minimum absolute atomic E-state index is 0.123. The summed E-state index contributed by atoms with van der Waals surface area (Å²) >= 11 is 6.06. The number of hydrogen-bond donors (Lipinski definition) is 1. The van der Waals surface area contributed by atoms with Crippen molar-refractivity contribution in [1.29, 1.82) is 0 Å². The molecule has 0 bridgehead atoms. The number of nitrogens with one attached hydrogen (secondary N) is 1. The van der Waals surface area contributed by atoms with Gasteiger partial charge >= 0.3 is 0 Å². The van der Waals surface area contributed by atoms with Crippen molar-refractivity contribution >= 4 is 21.6 Å². The Labute approximate surface area is 148 Å². The van der Waals surface area contributed by atoms with E-state index in [0.717, 1.165) is 5.56 Å². The summed E-state index contributed by atoms with van der Waals surface area (Å²) in [6, 6.07) is 13.7. The zero-order chi connectivity index (χ0) is 17.7. The van der Waals surface area contributed by atoms with Crippen molar-refractivity contribution in [1.82, 2.24) is 4.72 Å². The van der Waals surface area contributed by atoms with Gasteiger partial charge in [0.15, 0.2) is 0 Å². The van der Waals surface area contributed by atoms with E-state index in [0.29, 0.717) is 18.1 Å². The number of halogens is 1. The predicted molar refractivity (Wildman–Crippen MR) is 97.0 cm³/mol. The van der Waals surface area contributed by atoms with Crippen LogP contribution in [0.5, 0.6) is 5.75 Å². The highest BCUT2D eigenvalue weighted by Gasteiger charge is 2.23. The molecule has 1 atom stereocenters. The first-order chi connectivity index (χ1) is 11.3. The Bertz CT molecular complexity index is 776. The summed E-state index contributed by atoms with van der Waals surface area (Å²) in [5, 5.41) is 0.264. The molecule has 1 N–H and O–H groups in total. The molecule has 0 aromatic heterocycles. The summed E-state index contributed by atoms with van der Waals surface area (Å²) < 4.78 is 33.3. The third-order valence-electron chi connectivity index (χ3n) is 3.64. The Morgan fingerprint density at radius 1 is 1.12 bits per heavy atom. The van der Waals surface area contributed by atoms with Crippen LogP contribution in [-0.2, 0) is 10.0 Å². The van der Waals surface area contributed by atoms with Crippen LogP contribution in [0.25, 0.3) is 0 Å². The molecule has 0 radical (unpaired) electrons. The average molecular weight is 368 g/mol. The molecule has 6 heteroatoms. The molecule has 0 amide bonds. The number of methoxy groups -OCH3 is 1. The van der Waals surface area contributed by atoms with Crippen molar-refractivity contribution in [3.63, 3.8) is 0 Å². The average Bonchev–Trinajstić information content (AvgIpc) is 2.54. The summed E-state index contributed by atoms with van der Waals surface area (Å²) in [4.78, 5) is 0.123. The second-order valence-electron chi connectivity index (χ2n) is 6.01. The van der Waals surface area contributed by atoms with E-state index in [9.17, 15) is 8.42 Å². The highest BCUT2D eigenvalue weighted by Crippen LogP contribution is 2.29. The van der Waals surface area contributed by atoms with Crippen LogP contribution in [-0.4, -0.2) is 15.5 Å². The van der Waals surface area contributed by atoms with Gasteiger partial charge in [-0.05, 0) is 36.1 Å². The molecule has 0 fully saturated rings. The monoisotopic (exact) mass is 367 g/mol. The zero-order valence-electron chi connectivity index (χ0n) is 14.0. The molecule has 4 nitrogen and oxygen atoms in total. The largest absolute Gasteiger partial charge is 0.495 e. The van der Waals surface area contributed by atoms with Crippen LogP contribution in [0.1, 0.15) is 31.9 Å². The van der Waals surface area contributed by atoms with Gasteiger partial charge in [0.1, 0.15) is 5.75 Å². The van der Waals surface area contributed by atoms with Crippen LogP contribution in [0, 0.1) is 5.92 Å². The van der Waals surface area contributed by atoms with E-state index in [1.165, 1.54) is 19.2 Å². The smallest absolute Gasteiger partial charge is 0.241 e. The van der Waals surface area contributed by atoms with Crippen LogP contribution in [0.4, 0.5) is 0 Å². The van der Waals surface area contributed by atoms with Gasteiger partial charge < -0.3 is 4.74 Å². The lowest BCUT2D eigenvalue weighted by Crippen LogP contribution is -2.29. The molecule has 0 saturated carbocycles. The van der Waals surface area contributed by atoms with Gasteiger partial charge in [-0.3, -0.25) is 0 Å². The van der Waals surface area contributed by atoms with Gasteiger partial charge in [-0.1, -0.05) is 55.8 Å². The van der Waals surface area contributed by atoms with Gasteiger partial charge in [0.2, 0.25) is 10.0 Å². The van der Waals surface area contributed by atoms with Gasteiger partial charge in [-0.25, -0.2) is 13.1 Å². The summed E-state index contributed by atoms with van der Waals surface area (Å²) in [5.41, 5.74) is 0.939. The molecular formula is C18H22ClNO3S. The third-order valence-corrected chi connectivity index (χ3v) is 5.40. The Morgan fingerprint density at radius 3 is 2.33 bits per heavy atom. The minimum Gasteiger partial charge on any atom is -0.495 e. The zero-order valence-corrected chi connectivity index (χ0v) is 15.6. The van der Waals surface area contributed by atoms with Gasteiger partial charge in [0.05, 0.1) is 17.0 Å². The molecule has 0 saturated heterocycles. The lowest BCUT2D eigenvalue weighted by molar-refractivity contribution is 0.414. The Balaban J connectivity index is 2.31. The van der Waals surface area contributed by atoms with Crippen LogP contribution >= 0.6 is 11.6 Å². The van der Waals surface area contributed by atoms with Gasteiger partial charge in [-0.15, -0.1) is 0 Å². The van der Waals surface area contributed by atoms with Crippen molar-refractivity contribution in [3.05, 3.63) is 59.1 Å². The van der Waals surface area contributed by atoms with E-state index < -0.39 is 10.0 Å². The SMILES string of the molecule is COc1ccc(S(=O)(=O)N[C@@H](CC(C)C)c2ccccc2)cc1Cl. The highest BCUT2D eigenvalue weighted by molar-refractivity contribution is 7.89. The van der Waals surface area contributed by atoms with Gasteiger partial charge in [0.25, 0.3) is 0 Å². The molecule has 0 heterocycles. The fourth-order valence-electron chi connectivity index (χ4n) is 2.48. The Hall–Kier alpha value is -1.56. The van der Waals surface area contributed by atoms with Crippen molar-refractivity contribution in [2.24, 2.45) is 5.92 Å². The second kappa shape index (κ2) is 8.01. The number of ether oxygens (including phenoxy) is 1. The first kappa shape index (κ1) is 18.8. The molecule has 0 unspecified atom stereocenters. The van der Waals surface area contributed by atoms with E-state index in [1.54, 1.807) is 6.07 Å². The summed E-state index contributed by atoms with van der Waals surface area (Å²) in [7, 11) is -2.20. The van der Waals surface area contributed by atoms with Gasteiger partial charge in [-0.2, -0.15) is 0 Å². The van der Waals surface area contributed by atoms with Crippen molar-refractivity contribution in [2.75, 3.05) is 7.11 Å². The second-order valence-corrected chi connectivity index (χ2v) is 8.13. The van der Waals surface area contributed by atoms with E-state index in [1.807, 2.05) is 30.3 Å². The first-order valence-electron chi connectivity index (χ1n) is 7.74. The Morgan fingerprint density at radius 2 is 1.79 bits per heavy atom. The first-order valence-corrected chi connectivity index (χ1v) is 9.60. The molecule has 0 spiro atoms. The van der Waals surface area contributed by atoms with Crippen LogP contribution in [0.2, 0.25) is 5.02 Å². The molecule has 0 aliphatic rings. The molecule has 2 rings (SSSR count). The van der Waals surface area contributed by atoms with Crippen LogP contribution < -0.4 is 9.46 Å². The maximum atomic E-state index is 12.7. The summed E-state index contributed by atoms with van der Waals surface area (Å²) in [6.45, 7) is 4.13. The highest BCUT2D eigenvalue weighted by atomic mass is 35.5. The number of rotatable bonds is 7. The fraction of sp³-hybridized carbons (Fsp3) is 0.333. The molecule has 0 aliphatic heterocycles. The maximum Gasteiger partial charge on any atom is 0.241 e. The van der Waals surface area contributed by atoms with E-state index >= 15 is 0 Å². The van der Waals surface area contributed by atoms with E-state index in [4.69, 9.17) is 16.3 Å². The van der Waals surface area contributed by atoms with Crippen molar-refractivity contribution in [2.45, 2.75) is 31.2 Å². The Kier molecular flexibility index (Phi) is 6.27. The van der Waals surface area contributed by atoms with E-state index in [2.05, 4.69) is 18.6 Å². The molecule has 130 valence electrons. The van der Waals surface area contributed by atoms with Crippen LogP contribution in [0.15, 0.2) is 53.4 Å². The topological polar surface area (TPSA) is 55.4 Å². The van der Waals surface area contributed by atoms with E-state index in [-0.39, 0.29) is 16.0 Å². The molecule has 24 heavy (non-hydrogen) atoms. The lowest BCUT2D eigenvalue weighted by atomic mass is 9.98. The number of hydrogen-bond acceptors (Lipinski definition) is 3. The molecular weight excluding hydrogens is 346 g/mol. The number of sulfonamides is 1. The fourth-order valence-corrected chi connectivity index (χ4v) is 4.06. The van der Waals surface area contributed by atoms with Crippen LogP contribution in [0.3, 0.4) is 0 Å². The standard InChI is InChI=1S/C18H22ClNO3S/c1-13(2)11-17(14-7-5-4-6-8-14)20-24(21,22)15-9-10-18(23-3)16(19)12-15/h4-10,12-13,17,20H,11H2,1-3H3/t17-/m0/s1. The third kappa shape index (κ3) is 4.72. The molecule has 2 aromatic carbocycles. The quantitative estimate of drug-likeness (QED) is 0.788. The lowest BCUT2D eigenvalue weighted by Gasteiger charge is -2.21. The normalized spacial score (nSPS) is 13.0. The molecule has 0 aliphatic carbocycles. The molecule has 2 aromatic rings. The van der Waals surface area contributed by atoms with Gasteiger partial charge in [0, 0.05) is 6.04 Å². The minimum atomic E-state index is -3.69. The maximum absolute atomic E-state index is 12.7. The summed E-state index contributed by atoms with van der Waals surface area (Å²) in [6.07, 6.45) is 0.702.